The second-order valence-corrected chi connectivity index (χ2v) is 3.46. The van der Waals surface area contributed by atoms with Crippen LogP contribution in [0, 0.1) is 5.92 Å². The lowest BCUT2D eigenvalue weighted by atomic mass is 10.2. The molecule has 82 valence electrons. The van der Waals surface area contributed by atoms with E-state index in [1.54, 1.807) is 13.8 Å². The number of nitrogens with one attached hydrogen (secondary N) is 1. The predicted molar refractivity (Wildman–Crippen MR) is 53.3 cm³/mol. The fraction of sp³-hybridized carbons (Fsp3) is 0.444. The number of amides is 1. The monoisotopic (exact) mass is 211 g/mol. The number of anilines is 1. The first-order valence-corrected chi connectivity index (χ1v) is 4.54. The molecule has 6 heteroatoms. The number of hydrogen-bond acceptors (Lipinski definition) is 3. The smallest absolute Gasteiger partial charge is 0.325 e. The Hall–Kier alpha value is -1.85. The molecule has 1 amide bonds. The van der Waals surface area contributed by atoms with Crippen molar-refractivity contribution in [2.24, 2.45) is 5.92 Å². The van der Waals surface area contributed by atoms with Crippen LogP contribution in [0.2, 0.25) is 0 Å². The van der Waals surface area contributed by atoms with Crippen LogP contribution in [-0.2, 0) is 16.1 Å². The van der Waals surface area contributed by atoms with Gasteiger partial charge in [0, 0.05) is 12.1 Å². The highest BCUT2D eigenvalue weighted by Gasteiger charge is 2.08. The number of carbonyl (C=O) groups excluding carboxylic acids is 1. The Balaban J connectivity index is 2.60. The third-order valence-electron chi connectivity index (χ3n) is 1.72. The summed E-state index contributed by atoms with van der Waals surface area (Å²) in [6, 6.07) is 0. The molecule has 0 aliphatic carbocycles. The van der Waals surface area contributed by atoms with Crippen LogP contribution in [0.1, 0.15) is 13.8 Å². The van der Waals surface area contributed by atoms with Gasteiger partial charge in [0.05, 0.1) is 11.9 Å². The minimum Gasteiger partial charge on any atom is -0.480 e. The zero-order valence-corrected chi connectivity index (χ0v) is 8.60. The third-order valence-corrected chi connectivity index (χ3v) is 1.72. The van der Waals surface area contributed by atoms with Crippen LogP contribution in [0.5, 0.6) is 0 Å². The van der Waals surface area contributed by atoms with Crippen LogP contribution >= 0.6 is 0 Å². The van der Waals surface area contributed by atoms with E-state index < -0.39 is 5.97 Å². The molecule has 0 aliphatic rings. The maximum atomic E-state index is 11.3. The quantitative estimate of drug-likeness (QED) is 0.762. The molecule has 2 N–H and O–H groups in total. The number of aliphatic carboxylic acids is 1. The van der Waals surface area contributed by atoms with Crippen LogP contribution in [-0.4, -0.2) is 26.8 Å². The van der Waals surface area contributed by atoms with Crippen molar-refractivity contribution in [2.45, 2.75) is 20.4 Å². The minimum absolute atomic E-state index is 0.118. The van der Waals surface area contributed by atoms with Gasteiger partial charge in [0.1, 0.15) is 6.54 Å². The molecule has 1 aromatic heterocycles. The van der Waals surface area contributed by atoms with Gasteiger partial charge in [-0.15, -0.1) is 0 Å². The number of carboxylic acids is 1. The molecular formula is C9H13N3O3. The van der Waals surface area contributed by atoms with E-state index in [1.165, 1.54) is 17.1 Å². The number of carbonyl (C=O) groups is 2. The standard InChI is InChI=1S/C9H13N3O3/c1-6(2)9(15)11-7-3-10-12(4-7)5-8(13)14/h3-4,6H,5H2,1-2H3,(H,11,15)(H,13,14). The highest BCUT2D eigenvalue weighted by atomic mass is 16.4. The summed E-state index contributed by atoms with van der Waals surface area (Å²) in [5, 5.41) is 14.9. The van der Waals surface area contributed by atoms with Crippen molar-refractivity contribution < 1.29 is 14.7 Å². The predicted octanol–water partition coefficient (Wildman–Crippen LogP) is 0.562. The van der Waals surface area contributed by atoms with Crippen molar-refractivity contribution in [1.82, 2.24) is 9.78 Å². The molecule has 0 fully saturated rings. The van der Waals surface area contributed by atoms with Gasteiger partial charge >= 0.3 is 5.97 Å². The third kappa shape index (κ3) is 3.41. The number of rotatable bonds is 4. The van der Waals surface area contributed by atoms with Gasteiger partial charge in [-0.05, 0) is 0 Å². The number of carboxylic acid groups (broad SMARTS) is 1. The molecular weight excluding hydrogens is 198 g/mol. The van der Waals surface area contributed by atoms with Crippen LogP contribution < -0.4 is 5.32 Å². The Labute approximate surface area is 86.9 Å². The molecule has 0 saturated heterocycles. The van der Waals surface area contributed by atoms with Gasteiger partial charge in [-0.1, -0.05) is 13.8 Å². The Kier molecular flexibility index (Phi) is 3.43. The van der Waals surface area contributed by atoms with Crippen molar-refractivity contribution in [2.75, 3.05) is 5.32 Å². The van der Waals surface area contributed by atoms with Crippen molar-refractivity contribution in [1.29, 1.82) is 0 Å². The van der Waals surface area contributed by atoms with E-state index in [-0.39, 0.29) is 18.4 Å². The van der Waals surface area contributed by atoms with Gasteiger partial charge in [0.15, 0.2) is 0 Å². The SMILES string of the molecule is CC(C)C(=O)Nc1cnn(CC(=O)O)c1. The van der Waals surface area contributed by atoms with E-state index in [0.29, 0.717) is 5.69 Å². The van der Waals surface area contributed by atoms with E-state index in [9.17, 15) is 9.59 Å². The lowest BCUT2D eigenvalue weighted by Crippen LogP contribution is -2.17. The van der Waals surface area contributed by atoms with Crippen LogP contribution in [0.25, 0.3) is 0 Å². The summed E-state index contributed by atoms with van der Waals surface area (Å²) in [5.41, 5.74) is 0.509. The molecule has 0 aromatic carbocycles. The fourth-order valence-corrected chi connectivity index (χ4v) is 0.940. The normalized spacial score (nSPS) is 10.3. The highest BCUT2D eigenvalue weighted by Crippen LogP contribution is 2.06. The van der Waals surface area contributed by atoms with Crippen LogP contribution in [0.4, 0.5) is 5.69 Å². The zero-order valence-electron chi connectivity index (χ0n) is 8.60. The van der Waals surface area contributed by atoms with Crippen molar-refractivity contribution in [3.05, 3.63) is 12.4 Å². The van der Waals surface area contributed by atoms with E-state index in [2.05, 4.69) is 10.4 Å². The lowest BCUT2D eigenvalue weighted by Gasteiger charge is -2.03. The summed E-state index contributed by atoms with van der Waals surface area (Å²) >= 11 is 0. The van der Waals surface area contributed by atoms with Gasteiger partial charge in [-0.3, -0.25) is 14.3 Å². The molecule has 0 bridgehead atoms. The average Bonchev–Trinajstić information content (AvgIpc) is 2.51. The van der Waals surface area contributed by atoms with Crippen molar-refractivity contribution in [3.8, 4) is 0 Å². The number of aromatic nitrogens is 2. The van der Waals surface area contributed by atoms with Gasteiger partial charge in [0.25, 0.3) is 0 Å². The summed E-state index contributed by atoms with van der Waals surface area (Å²) in [7, 11) is 0. The second-order valence-electron chi connectivity index (χ2n) is 3.46. The topological polar surface area (TPSA) is 84.2 Å². The fourth-order valence-electron chi connectivity index (χ4n) is 0.940. The Morgan fingerprint density at radius 1 is 1.60 bits per heavy atom. The molecule has 0 spiro atoms. The number of hydrogen-bond donors (Lipinski definition) is 2. The van der Waals surface area contributed by atoms with Gasteiger partial charge in [-0.2, -0.15) is 5.10 Å². The van der Waals surface area contributed by atoms with Crippen molar-refractivity contribution >= 4 is 17.6 Å². The zero-order chi connectivity index (χ0) is 11.4. The molecule has 1 rings (SSSR count). The lowest BCUT2D eigenvalue weighted by molar-refractivity contribution is -0.137. The molecule has 0 unspecified atom stereocenters. The molecule has 0 atom stereocenters. The second kappa shape index (κ2) is 4.59. The molecule has 15 heavy (non-hydrogen) atoms. The summed E-state index contributed by atoms with van der Waals surface area (Å²) in [5.74, 6) is -1.21. The Morgan fingerprint density at radius 2 is 2.27 bits per heavy atom. The molecule has 1 heterocycles. The highest BCUT2D eigenvalue weighted by molar-refractivity contribution is 5.91. The molecule has 0 saturated carbocycles. The molecule has 1 aromatic rings. The largest absolute Gasteiger partial charge is 0.480 e. The molecule has 0 radical (unpaired) electrons. The van der Waals surface area contributed by atoms with Gasteiger partial charge < -0.3 is 10.4 Å². The maximum absolute atomic E-state index is 11.3. The Morgan fingerprint density at radius 3 is 2.80 bits per heavy atom. The maximum Gasteiger partial charge on any atom is 0.325 e. The Bertz CT molecular complexity index is 370. The summed E-state index contributed by atoms with van der Waals surface area (Å²) < 4.78 is 1.25. The summed E-state index contributed by atoms with van der Waals surface area (Å²) in [6.07, 6.45) is 2.90. The first-order valence-electron chi connectivity index (χ1n) is 4.54. The first-order chi connectivity index (χ1) is 6.99. The summed E-state index contributed by atoms with van der Waals surface area (Å²) in [4.78, 5) is 21.6. The van der Waals surface area contributed by atoms with Crippen LogP contribution in [0.15, 0.2) is 12.4 Å². The van der Waals surface area contributed by atoms with Gasteiger partial charge in [-0.25, -0.2) is 0 Å². The van der Waals surface area contributed by atoms with E-state index in [4.69, 9.17) is 5.11 Å². The molecule has 6 nitrogen and oxygen atoms in total. The minimum atomic E-state index is -0.972. The van der Waals surface area contributed by atoms with E-state index >= 15 is 0 Å². The summed E-state index contributed by atoms with van der Waals surface area (Å²) in [6.45, 7) is 3.34. The van der Waals surface area contributed by atoms with Crippen LogP contribution in [0.3, 0.4) is 0 Å². The average molecular weight is 211 g/mol. The number of nitrogens with zero attached hydrogens (tertiary/aromatic N) is 2. The van der Waals surface area contributed by atoms with E-state index in [0.717, 1.165) is 0 Å². The van der Waals surface area contributed by atoms with E-state index in [1.807, 2.05) is 0 Å². The molecule has 0 aliphatic heterocycles. The van der Waals surface area contributed by atoms with Gasteiger partial charge in [0.2, 0.25) is 5.91 Å². The van der Waals surface area contributed by atoms with Crippen molar-refractivity contribution in [3.63, 3.8) is 0 Å². The first kappa shape index (κ1) is 11.2.